The van der Waals surface area contributed by atoms with Crippen LogP contribution in [0.5, 0.6) is 0 Å². The second-order valence-corrected chi connectivity index (χ2v) is 11.4. The molecule has 2 unspecified atom stereocenters. The molecule has 0 amide bonds. The van der Waals surface area contributed by atoms with Crippen molar-refractivity contribution < 1.29 is 10.2 Å². The second-order valence-electron chi connectivity index (χ2n) is 11.0. The number of thiocarbonyl (C=S) groups is 1. The number of fused-ring (bicyclic) bond motifs is 1. The van der Waals surface area contributed by atoms with E-state index in [2.05, 4.69) is 26.0 Å². The zero-order valence-corrected chi connectivity index (χ0v) is 19.9. The zero-order chi connectivity index (χ0) is 21.2. The highest BCUT2D eigenvalue weighted by atomic mass is 32.1. The Kier molecular flexibility index (Phi) is 7.44. The van der Waals surface area contributed by atoms with Crippen molar-refractivity contribution in [3.8, 4) is 0 Å². The van der Waals surface area contributed by atoms with Crippen molar-refractivity contribution in [2.75, 3.05) is 0 Å². The molecule has 0 aliphatic heterocycles. The highest BCUT2D eigenvalue weighted by Gasteiger charge is 2.50. The topological polar surface area (TPSA) is 40.5 Å². The number of aliphatic hydroxyl groups excluding tert-OH is 1. The summed E-state index contributed by atoms with van der Waals surface area (Å²) in [7, 11) is 0. The summed E-state index contributed by atoms with van der Waals surface area (Å²) in [5, 5.41) is 20.1. The Morgan fingerprint density at radius 1 is 1.17 bits per heavy atom. The van der Waals surface area contributed by atoms with Crippen LogP contribution >= 0.6 is 12.2 Å². The Morgan fingerprint density at radius 2 is 1.93 bits per heavy atom. The van der Waals surface area contributed by atoms with Crippen LogP contribution in [0.15, 0.2) is 23.3 Å². The van der Waals surface area contributed by atoms with Crippen LogP contribution in [0.25, 0.3) is 0 Å². The molecule has 2 nitrogen and oxygen atoms in total. The minimum atomic E-state index is -0.538. The second kappa shape index (κ2) is 9.32. The van der Waals surface area contributed by atoms with Crippen molar-refractivity contribution in [3.05, 3.63) is 23.3 Å². The molecule has 5 atom stereocenters. The van der Waals surface area contributed by atoms with Gasteiger partial charge in [-0.25, -0.2) is 0 Å². The Labute approximate surface area is 183 Å². The number of hydrogen-bond donors (Lipinski definition) is 2. The third kappa shape index (κ3) is 5.40. The summed E-state index contributed by atoms with van der Waals surface area (Å²) in [6, 6.07) is 0. The van der Waals surface area contributed by atoms with E-state index in [0.717, 1.165) is 48.8 Å². The standard InChI is InChI=1S/C26H42O2S/c1-18(8-6-16-25(2,3)28)21-14-15-22-19(10-7-17-26(21,22)4)12-13-20-9-5-11-23(27)24(20)29/h12-13,18,21-23,27-28H,5-11,14-17H2,1-4H3/b19-12+,20-13-/t18-,21?,22?,23+,26-/m1/s1. The van der Waals surface area contributed by atoms with Crippen molar-refractivity contribution in [2.24, 2.45) is 23.2 Å². The quantitative estimate of drug-likeness (QED) is 0.380. The molecule has 0 radical (unpaired) electrons. The van der Waals surface area contributed by atoms with Gasteiger partial charge in [0.15, 0.2) is 0 Å². The van der Waals surface area contributed by atoms with Gasteiger partial charge in [0, 0.05) is 4.86 Å². The smallest absolute Gasteiger partial charge is 0.0893 e. The SMILES string of the molecule is C[C@H](CCCC(C)(C)O)C1CCC2/C(=C/C=C3/CCC[C@H](O)C3=S)CCC[C@@]21C. The molecule has 0 aromatic carbocycles. The lowest BCUT2D eigenvalue weighted by molar-refractivity contribution is 0.0597. The van der Waals surface area contributed by atoms with Crippen LogP contribution in [0.1, 0.15) is 98.3 Å². The Bertz CT molecular complexity index is 656. The molecule has 29 heavy (non-hydrogen) atoms. The van der Waals surface area contributed by atoms with Gasteiger partial charge < -0.3 is 10.2 Å². The molecule has 164 valence electrons. The predicted molar refractivity (Wildman–Crippen MR) is 126 cm³/mol. The minimum Gasteiger partial charge on any atom is -0.390 e. The molecule has 2 N–H and O–H groups in total. The number of aliphatic hydroxyl groups is 2. The predicted octanol–water partition coefficient (Wildman–Crippen LogP) is 6.55. The van der Waals surface area contributed by atoms with Crippen LogP contribution in [0.3, 0.4) is 0 Å². The van der Waals surface area contributed by atoms with Crippen molar-refractivity contribution in [1.82, 2.24) is 0 Å². The van der Waals surface area contributed by atoms with Gasteiger partial charge in [-0.15, -0.1) is 0 Å². The van der Waals surface area contributed by atoms with Crippen LogP contribution in [-0.4, -0.2) is 26.8 Å². The first kappa shape index (κ1) is 23.2. The lowest BCUT2D eigenvalue weighted by atomic mass is 9.60. The molecule has 3 aliphatic rings. The molecule has 3 rings (SSSR count). The van der Waals surface area contributed by atoms with E-state index in [-0.39, 0.29) is 0 Å². The summed E-state index contributed by atoms with van der Waals surface area (Å²) < 4.78 is 0. The third-order valence-electron chi connectivity index (χ3n) is 8.21. The highest BCUT2D eigenvalue weighted by Crippen LogP contribution is 2.59. The molecule has 3 heteroatoms. The zero-order valence-electron chi connectivity index (χ0n) is 19.0. The molecule has 0 heterocycles. The summed E-state index contributed by atoms with van der Waals surface area (Å²) in [5.41, 5.74) is 2.69. The first-order valence-corrected chi connectivity index (χ1v) is 12.4. The van der Waals surface area contributed by atoms with Gasteiger partial charge in [-0.05, 0) is 100 Å². The molecule has 0 spiro atoms. The van der Waals surface area contributed by atoms with Crippen LogP contribution in [0.4, 0.5) is 0 Å². The molecule has 0 bridgehead atoms. The van der Waals surface area contributed by atoms with Gasteiger partial charge in [-0.2, -0.15) is 0 Å². The van der Waals surface area contributed by atoms with Gasteiger partial charge in [-0.1, -0.05) is 56.6 Å². The molecule has 0 aromatic heterocycles. The first-order valence-electron chi connectivity index (χ1n) is 12.0. The minimum absolute atomic E-state index is 0.416. The summed E-state index contributed by atoms with van der Waals surface area (Å²) in [4.78, 5) is 0.774. The highest BCUT2D eigenvalue weighted by molar-refractivity contribution is 7.81. The van der Waals surface area contributed by atoms with Gasteiger partial charge in [0.2, 0.25) is 0 Å². The molecule has 3 fully saturated rings. The maximum atomic E-state index is 10.1. The van der Waals surface area contributed by atoms with E-state index in [1.807, 2.05) is 13.8 Å². The fraction of sp³-hybridized carbons (Fsp3) is 0.808. The molecule has 3 saturated carbocycles. The van der Waals surface area contributed by atoms with Crippen LogP contribution in [-0.2, 0) is 0 Å². The van der Waals surface area contributed by atoms with Gasteiger partial charge in [0.05, 0.1) is 11.7 Å². The van der Waals surface area contributed by atoms with Crippen LogP contribution in [0, 0.1) is 23.2 Å². The maximum absolute atomic E-state index is 10.1. The number of hydrogen-bond acceptors (Lipinski definition) is 3. The van der Waals surface area contributed by atoms with Crippen molar-refractivity contribution in [2.45, 2.75) is 110 Å². The van der Waals surface area contributed by atoms with Gasteiger partial charge in [0.25, 0.3) is 0 Å². The Morgan fingerprint density at radius 3 is 2.66 bits per heavy atom. The molecular weight excluding hydrogens is 376 g/mol. The first-order chi connectivity index (χ1) is 13.6. The third-order valence-corrected chi connectivity index (χ3v) is 8.75. The number of rotatable bonds is 6. The lowest BCUT2D eigenvalue weighted by Crippen LogP contribution is -2.36. The van der Waals surface area contributed by atoms with Crippen LogP contribution < -0.4 is 0 Å². The summed E-state index contributed by atoms with van der Waals surface area (Å²) in [6.45, 7) is 8.85. The van der Waals surface area contributed by atoms with E-state index in [4.69, 9.17) is 12.2 Å². The van der Waals surface area contributed by atoms with E-state index in [9.17, 15) is 10.2 Å². The average molecular weight is 419 g/mol. The molecule has 3 aliphatic carbocycles. The monoisotopic (exact) mass is 418 g/mol. The Hall–Kier alpha value is -0.510. The normalized spacial score (nSPS) is 37.2. The van der Waals surface area contributed by atoms with Gasteiger partial charge >= 0.3 is 0 Å². The van der Waals surface area contributed by atoms with Gasteiger partial charge in [0.1, 0.15) is 0 Å². The molecule has 0 saturated heterocycles. The van der Waals surface area contributed by atoms with E-state index in [1.54, 1.807) is 5.57 Å². The van der Waals surface area contributed by atoms with Crippen molar-refractivity contribution in [3.63, 3.8) is 0 Å². The number of allylic oxidation sites excluding steroid dienone is 3. The van der Waals surface area contributed by atoms with Crippen molar-refractivity contribution in [1.29, 1.82) is 0 Å². The largest absolute Gasteiger partial charge is 0.390 e. The summed E-state index contributed by atoms with van der Waals surface area (Å²) >= 11 is 5.49. The average Bonchev–Trinajstić information content (AvgIpc) is 2.99. The summed E-state index contributed by atoms with van der Waals surface area (Å²) in [6.07, 6.45) is 16.9. The maximum Gasteiger partial charge on any atom is 0.0893 e. The fourth-order valence-electron chi connectivity index (χ4n) is 6.60. The fourth-order valence-corrected chi connectivity index (χ4v) is 6.89. The van der Waals surface area contributed by atoms with Gasteiger partial charge in [-0.3, -0.25) is 0 Å². The Balaban J connectivity index is 1.68. The van der Waals surface area contributed by atoms with Crippen LogP contribution in [0.2, 0.25) is 0 Å². The lowest BCUT2D eigenvalue weighted by Gasteiger charge is -2.44. The molecule has 0 aromatic rings. The van der Waals surface area contributed by atoms with E-state index < -0.39 is 11.7 Å². The summed E-state index contributed by atoms with van der Waals surface area (Å²) in [5.74, 6) is 2.23. The van der Waals surface area contributed by atoms with Crippen molar-refractivity contribution >= 4 is 17.1 Å². The van der Waals surface area contributed by atoms with E-state index >= 15 is 0 Å². The van der Waals surface area contributed by atoms with E-state index in [0.29, 0.717) is 11.3 Å². The molecular formula is C26H42O2S. The van der Waals surface area contributed by atoms with E-state index in [1.165, 1.54) is 44.1 Å².